The molecule has 4 N–H and O–H groups in total. The van der Waals surface area contributed by atoms with Crippen molar-refractivity contribution in [3.8, 4) is 22.6 Å². The van der Waals surface area contributed by atoms with Crippen LogP contribution in [0.2, 0.25) is 0 Å². The summed E-state index contributed by atoms with van der Waals surface area (Å²) in [5.41, 5.74) is 18.2. The van der Waals surface area contributed by atoms with Gasteiger partial charge in [-0.15, -0.1) is 0 Å². The number of aromatic nitrogens is 6. The first-order valence-electron chi connectivity index (χ1n) is 14.4. The van der Waals surface area contributed by atoms with Crippen molar-refractivity contribution in [2.24, 2.45) is 12.8 Å². The maximum absolute atomic E-state index is 6.33. The molecule has 1 aliphatic rings. The first-order valence-corrected chi connectivity index (χ1v) is 14.4. The molecule has 4 aromatic heterocycles. The minimum atomic E-state index is 0.570. The summed E-state index contributed by atoms with van der Waals surface area (Å²) in [5.74, 6) is 0.709. The van der Waals surface area contributed by atoms with Crippen LogP contribution in [-0.4, -0.2) is 29.7 Å². The Hall–Kier alpha value is -5.34. The van der Waals surface area contributed by atoms with Crippen molar-refractivity contribution in [2.75, 3.05) is 0 Å². The van der Waals surface area contributed by atoms with Crippen LogP contribution >= 0.6 is 0 Å². The average Bonchev–Trinajstić information content (AvgIpc) is 3.54. The van der Waals surface area contributed by atoms with Gasteiger partial charge in [-0.2, -0.15) is 5.10 Å². The fraction of sp³-hybridized carbons (Fsp3) is 0.143. The molecule has 0 aliphatic heterocycles. The van der Waals surface area contributed by atoms with Crippen LogP contribution in [0.4, 0.5) is 0 Å². The lowest BCUT2D eigenvalue weighted by Crippen LogP contribution is -2.12. The van der Waals surface area contributed by atoms with E-state index in [1.165, 1.54) is 5.56 Å². The number of pyridine rings is 2. The number of nitrogens with zero attached hydrogens (tertiary/aromatic N) is 5. The Labute approximate surface area is 250 Å². The van der Waals surface area contributed by atoms with Crippen molar-refractivity contribution in [3.05, 3.63) is 137 Å². The van der Waals surface area contributed by atoms with Gasteiger partial charge in [0.15, 0.2) is 5.82 Å². The molecule has 43 heavy (non-hydrogen) atoms. The van der Waals surface area contributed by atoms with Gasteiger partial charge < -0.3 is 16.0 Å². The van der Waals surface area contributed by atoms with Gasteiger partial charge in [0.2, 0.25) is 0 Å². The van der Waals surface area contributed by atoms with E-state index in [2.05, 4.69) is 69.7 Å². The van der Waals surface area contributed by atoms with E-state index in [9.17, 15) is 0 Å². The number of hydrogen-bond acceptors (Lipinski definition) is 6. The lowest BCUT2D eigenvalue weighted by Gasteiger charge is -2.09. The van der Waals surface area contributed by atoms with E-state index in [4.69, 9.17) is 15.8 Å². The fourth-order valence-corrected chi connectivity index (χ4v) is 5.81. The second-order valence-corrected chi connectivity index (χ2v) is 11.0. The van der Waals surface area contributed by atoms with Gasteiger partial charge in [-0.3, -0.25) is 14.6 Å². The summed E-state index contributed by atoms with van der Waals surface area (Å²) in [6, 6.07) is 22.9. The lowest BCUT2D eigenvalue weighted by atomic mass is 10.00. The molecule has 0 saturated carbocycles. The molecule has 0 spiro atoms. The number of benzene rings is 2. The van der Waals surface area contributed by atoms with Crippen LogP contribution in [0.25, 0.3) is 39.1 Å². The number of imidazole rings is 1. The molecule has 0 saturated heterocycles. The molecule has 4 heterocycles. The second-order valence-electron chi connectivity index (χ2n) is 11.0. The van der Waals surface area contributed by atoms with Crippen molar-refractivity contribution >= 4 is 16.5 Å². The molecule has 212 valence electrons. The molecule has 0 bridgehead atoms. The number of nitrogens with one attached hydrogen (secondary N) is 2. The minimum Gasteiger partial charge on any atom is -0.402 e. The first-order chi connectivity index (χ1) is 21.0. The molecular formula is C35H32N8. The molecule has 0 atom stereocenters. The number of H-pyrrole nitrogens is 1. The molecule has 8 nitrogen and oxygen atoms in total. The lowest BCUT2D eigenvalue weighted by molar-refractivity contribution is 0.691. The zero-order valence-electron chi connectivity index (χ0n) is 24.2. The van der Waals surface area contributed by atoms with Gasteiger partial charge in [0.1, 0.15) is 5.69 Å². The third-order valence-electron chi connectivity index (χ3n) is 7.80. The molecule has 0 fully saturated rings. The van der Waals surface area contributed by atoms with Crippen molar-refractivity contribution in [1.82, 2.24) is 35.0 Å². The largest absolute Gasteiger partial charge is 0.402 e. The van der Waals surface area contributed by atoms with E-state index in [0.717, 1.165) is 80.3 Å². The Balaban J connectivity index is 1.25. The normalized spacial score (nSPS) is 13.0. The highest BCUT2D eigenvalue weighted by molar-refractivity contribution is 5.97. The highest BCUT2D eigenvalue weighted by atomic mass is 15.3. The molecule has 8 heteroatoms. The Bertz CT molecular complexity index is 2000. The Morgan fingerprint density at radius 1 is 0.907 bits per heavy atom. The molecule has 0 radical (unpaired) electrons. The summed E-state index contributed by atoms with van der Waals surface area (Å²) in [6.45, 7) is 3.67. The molecule has 6 aromatic rings. The number of aryl methyl sites for hydroxylation is 2. The maximum atomic E-state index is 6.33. The summed E-state index contributed by atoms with van der Waals surface area (Å²) < 4.78 is 1.93. The SMILES string of the molecule is Cc1cc(-c2cncc(CNCc3ccccc3)c2)cc2c(-c3nc4c([nH]3)CC(N)=CC=C4c3ccccn3)nn(C)c12. The van der Waals surface area contributed by atoms with Gasteiger partial charge in [0.05, 0.1) is 16.9 Å². The van der Waals surface area contributed by atoms with E-state index in [1.54, 1.807) is 6.20 Å². The zero-order chi connectivity index (χ0) is 29.3. The van der Waals surface area contributed by atoms with E-state index in [1.807, 2.05) is 60.5 Å². The summed E-state index contributed by atoms with van der Waals surface area (Å²) in [5, 5.41) is 9.50. The van der Waals surface area contributed by atoms with Crippen LogP contribution in [0.5, 0.6) is 0 Å². The van der Waals surface area contributed by atoms with Crippen molar-refractivity contribution < 1.29 is 0 Å². The quantitative estimate of drug-likeness (QED) is 0.224. The van der Waals surface area contributed by atoms with Gasteiger partial charge >= 0.3 is 0 Å². The predicted octanol–water partition coefficient (Wildman–Crippen LogP) is 5.85. The maximum Gasteiger partial charge on any atom is 0.159 e. The molecule has 7 rings (SSSR count). The highest BCUT2D eigenvalue weighted by Crippen LogP contribution is 2.35. The van der Waals surface area contributed by atoms with E-state index in [-0.39, 0.29) is 0 Å². The average molecular weight is 565 g/mol. The van der Waals surface area contributed by atoms with Gasteiger partial charge in [0.25, 0.3) is 0 Å². The third-order valence-corrected chi connectivity index (χ3v) is 7.80. The summed E-state index contributed by atoms with van der Waals surface area (Å²) >= 11 is 0. The molecular weight excluding hydrogens is 532 g/mol. The van der Waals surface area contributed by atoms with Crippen LogP contribution in [0, 0.1) is 6.92 Å². The van der Waals surface area contributed by atoms with Crippen molar-refractivity contribution in [3.63, 3.8) is 0 Å². The number of allylic oxidation sites excluding steroid dienone is 3. The monoisotopic (exact) mass is 564 g/mol. The standard InChI is InChI=1S/C35H32N8/c1-22-14-25(26-15-24(20-38-21-26)19-37-18-23-8-4-3-5-9-23)16-29-33(42-43(2)34(22)29)35-40-31-17-27(36)11-12-28(32(31)41-35)30-10-6-7-13-39-30/h3-16,20-21,37H,17-19,36H2,1-2H3,(H,40,41). The Morgan fingerprint density at radius 2 is 1.74 bits per heavy atom. The number of rotatable bonds is 7. The first kappa shape index (κ1) is 26.6. The minimum absolute atomic E-state index is 0.570. The topological polar surface area (TPSA) is 110 Å². The number of hydrogen-bond donors (Lipinski definition) is 3. The van der Waals surface area contributed by atoms with Crippen LogP contribution < -0.4 is 11.1 Å². The van der Waals surface area contributed by atoms with Crippen molar-refractivity contribution in [2.45, 2.75) is 26.4 Å². The van der Waals surface area contributed by atoms with E-state index < -0.39 is 0 Å². The molecule has 0 unspecified atom stereocenters. The fourth-order valence-electron chi connectivity index (χ4n) is 5.81. The van der Waals surface area contributed by atoms with Crippen LogP contribution in [0.3, 0.4) is 0 Å². The van der Waals surface area contributed by atoms with E-state index in [0.29, 0.717) is 12.2 Å². The molecule has 0 amide bonds. The van der Waals surface area contributed by atoms with Crippen LogP contribution in [0.15, 0.2) is 103 Å². The van der Waals surface area contributed by atoms with E-state index >= 15 is 0 Å². The Morgan fingerprint density at radius 3 is 2.58 bits per heavy atom. The summed E-state index contributed by atoms with van der Waals surface area (Å²) in [4.78, 5) is 17.8. The predicted molar refractivity (Wildman–Crippen MR) is 171 cm³/mol. The van der Waals surface area contributed by atoms with Crippen LogP contribution in [0.1, 0.15) is 33.8 Å². The molecule has 1 aliphatic carbocycles. The Kier molecular flexibility index (Phi) is 6.89. The zero-order valence-corrected chi connectivity index (χ0v) is 24.2. The van der Waals surface area contributed by atoms with Gasteiger partial charge in [-0.1, -0.05) is 36.4 Å². The van der Waals surface area contributed by atoms with Crippen molar-refractivity contribution in [1.29, 1.82) is 0 Å². The smallest absolute Gasteiger partial charge is 0.159 e. The number of fused-ring (bicyclic) bond motifs is 2. The second kappa shape index (κ2) is 11.2. The number of aromatic amines is 1. The van der Waals surface area contributed by atoms with Gasteiger partial charge in [-0.25, -0.2) is 4.98 Å². The van der Waals surface area contributed by atoms with Crippen LogP contribution in [-0.2, 0) is 26.6 Å². The number of nitrogens with two attached hydrogens (primary N) is 1. The van der Waals surface area contributed by atoms with Gasteiger partial charge in [0, 0.05) is 73.1 Å². The highest BCUT2D eigenvalue weighted by Gasteiger charge is 2.23. The summed E-state index contributed by atoms with van der Waals surface area (Å²) in [7, 11) is 1.98. The third kappa shape index (κ3) is 5.24. The van der Waals surface area contributed by atoms with Gasteiger partial charge in [-0.05, 0) is 71.7 Å². The molecule has 2 aromatic carbocycles. The summed E-state index contributed by atoms with van der Waals surface area (Å²) in [6.07, 6.45) is 10.1.